The number of carbonyl (C=O) groups is 1. The van der Waals surface area contributed by atoms with Crippen LogP contribution in [0.2, 0.25) is 0 Å². The highest BCUT2D eigenvalue weighted by atomic mass is 32.2. The zero-order chi connectivity index (χ0) is 20.3. The Kier molecular flexibility index (Phi) is 11.5. The Morgan fingerprint density at radius 3 is 2.32 bits per heavy atom. The predicted molar refractivity (Wildman–Crippen MR) is 108 cm³/mol. The maximum Gasteiger partial charge on any atom is 0.290 e. The van der Waals surface area contributed by atoms with E-state index in [9.17, 15) is 8.42 Å². The van der Waals surface area contributed by atoms with E-state index >= 15 is 0 Å². The Bertz CT molecular complexity index is 829. The van der Waals surface area contributed by atoms with Gasteiger partial charge in [-0.2, -0.15) is 0 Å². The quantitative estimate of drug-likeness (QED) is 0.375. The average molecular weight is 413 g/mol. The molecule has 0 radical (unpaired) electrons. The maximum atomic E-state index is 12.0. The molecule has 0 unspecified atom stereocenters. The molecule has 28 heavy (non-hydrogen) atoms. The van der Waals surface area contributed by atoms with Gasteiger partial charge < -0.3 is 26.4 Å². The molecule has 0 saturated heterocycles. The smallest absolute Gasteiger partial charge is 0.290 e. The van der Waals surface area contributed by atoms with Gasteiger partial charge in [-0.05, 0) is 36.2 Å². The molecule has 0 saturated carbocycles. The number of ether oxygens (including phenoxy) is 1. The summed E-state index contributed by atoms with van der Waals surface area (Å²) in [5.74, 6) is 0.721. The third-order valence-electron chi connectivity index (χ3n) is 3.47. The number of primary sulfonamides is 1. The van der Waals surface area contributed by atoms with Gasteiger partial charge in [0, 0.05) is 13.1 Å². The molecule has 9 nitrogen and oxygen atoms in total. The molecular formula is C18H27N3O6S. The number of hydrogen-bond acceptors (Lipinski definition) is 6. The van der Waals surface area contributed by atoms with Gasteiger partial charge in [0.05, 0.1) is 5.69 Å². The molecule has 0 aliphatic heterocycles. The summed E-state index contributed by atoms with van der Waals surface area (Å²) < 4.78 is 29.9. The summed E-state index contributed by atoms with van der Waals surface area (Å²) in [6.07, 6.45) is 1.96. The highest BCUT2D eigenvalue weighted by Crippen LogP contribution is 2.37. The minimum Gasteiger partial charge on any atom is -0.483 e. The van der Waals surface area contributed by atoms with Gasteiger partial charge >= 0.3 is 0 Å². The number of nitrogens with one attached hydrogen (secondary N) is 1. The standard InChI is InChI=1S/C17H23N3O3S.CH2O2.H2O/c1-2-3-9-20-15-10-13(12-18)11-16(24(19,21)22)17(15)23-14-7-5-4-6-8-14;2-1-3;/h4-8,10-11,20H,2-3,9,12,18H2,1H3,(H2,19,21,22);1H,(H,2,3);1H2. The highest BCUT2D eigenvalue weighted by molar-refractivity contribution is 7.89. The summed E-state index contributed by atoms with van der Waals surface area (Å²) in [4.78, 5) is 8.29. The lowest BCUT2D eigenvalue weighted by Gasteiger charge is -2.17. The topological polar surface area (TPSA) is 176 Å². The van der Waals surface area contributed by atoms with E-state index in [0.29, 0.717) is 23.5 Å². The van der Waals surface area contributed by atoms with E-state index in [0.717, 1.165) is 12.8 Å². The van der Waals surface area contributed by atoms with Crippen molar-refractivity contribution in [3.05, 3.63) is 48.0 Å². The predicted octanol–water partition coefficient (Wildman–Crippen LogP) is 1.67. The second kappa shape index (κ2) is 12.7. The first-order chi connectivity index (χ1) is 12.9. The summed E-state index contributed by atoms with van der Waals surface area (Å²) in [5, 5.41) is 15.5. The Morgan fingerprint density at radius 2 is 1.82 bits per heavy atom. The van der Waals surface area contributed by atoms with Crippen molar-refractivity contribution in [2.75, 3.05) is 11.9 Å². The van der Waals surface area contributed by atoms with Crippen molar-refractivity contribution in [1.29, 1.82) is 0 Å². The lowest BCUT2D eigenvalue weighted by atomic mass is 10.1. The van der Waals surface area contributed by atoms with E-state index in [-0.39, 0.29) is 29.1 Å². The molecule has 156 valence electrons. The van der Waals surface area contributed by atoms with Crippen LogP contribution in [-0.2, 0) is 21.4 Å². The molecule has 0 bridgehead atoms. The van der Waals surface area contributed by atoms with Crippen LogP contribution in [0, 0.1) is 0 Å². The van der Waals surface area contributed by atoms with Crippen molar-refractivity contribution in [3.8, 4) is 11.5 Å². The fourth-order valence-electron chi connectivity index (χ4n) is 2.23. The third kappa shape index (κ3) is 7.92. The summed E-state index contributed by atoms with van der Waals surface area (Å²) in [5.41, 5.74) is 6.92. The SMILES string of the molecule is CCCCNc1cc(CN)cc(S(N)(=O)=O)c1Oc1ccccc1.O.O=CO. The van der Waals surface area contributed by atoms with Crippen LogP contribution in [0.25, 0.3) is 0 Å². The lowest BCUT2D eigenvalue weighted by molar-refractivity contribution is -0.122. The van der Waals surface area contributed by atoms with E-state index < -0.39 is 10.0 Å². The van der Waals surface area contributed by atoms with Crippen molar-refractivity contribution >= 4 is 22.2 Å². The van der Waals surface area contributed by atoms with Crippen LogP contribution < -0.4 is 20.9 Å². The number of sulfonamides is 1. The first kappa shape index (κ1) is 25.3. The van der Waals surface area contributed by atoms with E-state index in [1.165, 1.54) is 6.07 Å². The number of unbranched alkanes of at least 4 members (excludes halogenated alkanes) is 1. The van der Waals surface area contributed by atoms with Gasteiger partial charge in [-0.1, -0.05) is 31.5 Å². The molecule has 0 spiro atoms. The fraction of sp³-hybridized carbons (Fsp3) is 0.278. The molecule has 2 rings (SSSR count). The van der Waals surface area contributed by atoms with Crippen molar-refractivity contribution in [3.63, 3.8) is 0 Å². The molecule has 0 aromatic heterocycles. The molecule has 2 aromatic rings. The minimum atomic E-state index is -3.96. The van der Waals surface area contributed by atoms with Gasteiger partial charge in [-0.15, -0.1) is 0 Å². The third-order valence-corrected chi connectivity index (χ3v) is 4.38. The van der Waals surface area contributed by atoms with Crippen LogP contribution in [0.1, 0.15) is 25.3 Å². The van der Waals surface area contributed by atoms with Crippen LogP contribution in [0.3, 0.4) is 0 Å². The molecule has 0 atom stereocenters. The number of benzene rings is 2. The number of rotatable bonds is 8. The summed E-state index contributed by atoms with van der Waals surface area (Å²) in [6.45, 7) is 2.73. The van der Waals surface area contributed by atoms with Crippen LogP contribution in [-0.4, -0.2) is 32.0 Å². The molecule has 0 amide bonds. The van der Waals surface area contributed by atoms with Crippen LogP contribution in [0.15, 0.2) is 47.4 Å². The molecule has 0 aliphatic rings. The first-order valence-electron chi connectivity index (χ1n) is 8.31. The zero-order valence-electron chi connectivity index (χ0n) is 15.6. The molecule has 10 heteroatoms. The second-order valence-corrected chi connectivity index (χ2v) is 7.05. The lowest BCUT2D eigenvalue weighted by Crippen LogP contribution is -2.16. The number of nitrogens with two attached hydrogens (primary N) is 2. The van der Waals surface area contributed by atoms with Gasteiger partial charge in [-0.3, -0.25) is 4.79 Å². The van der Waals surface area contributed by atoms with E-state index in [4.69, 9.17) is 25.5 Å². The molecule has 2 aromatic carbocycles. The van der Waals surface area contributed by atoms with E-state index in [1.807, 2.05) is 18.2 Å². The molecule has 0 aliphatic carbocycles. The Labute approximate surface area is 164 Å². The summed E-state index contributed by atoms with van der Waals surface area (Å²) >= 11 is 0. The van der Waals surface area contributed by atoms with Crippen molar-refractivity contribution in [2.45, 2.75) is 31.2 Å². The summed E-state index contributed by atoms with van der Waals surface area (Å²) in [7, 11) is -3.96. The number of anilines is 1. The number of para-hydroxylation sites is 1. The highest BCUT2D eigenvalue weighted by Gasteiger charge is 2.21. The van der Waals surface area contributed by atoms with Gasteiger partial charge in [-0.25, -0.2) is 13.6 Å². The Morgan fingerprint density at radius 1 is 1.21 bits per heavy atom. The van der Waals surface area contributed by atoms with E-state index in [2.05, 4.69) is 12.2 Å². The van der Waals surface area contributed by atoms with Crippen LogP contribution in [0.5, 0.6) is 11.5 Å². The maximum absolute atomic E-state index is 12.0. The van der Waals surface area contributed by atoms with Crippen molar-refractivity contribution in [1.82, 2.24) is 0 Å². The number of carboxylic acid groups (broad SMARTS) is 1. The second-order valence-electron chi connectivity index (χ2n) is 5.52. The Balaban J connectivity index is 0.00000171. The van der Waals surface area contributed by atoms with Gasteiger partial charge in [0.2, 0.25) is 10.0 Å². The molecular weight excluding hydrogens is 386 g/mol. The molecule has 0 fully saturated rings. The largest absolute Gasteiger partial charge is 0.483 e. The van der Waals surface area contributed by atoms with Crippen LogP contribution in [0.4, 0.5) is 5.69 Å². The molecule has 0 heterocycles. The summed E-state index contributed by atoms with van der Waals surface area (Å²) in [6, 6.07) is 12.2. The van der Waals surface area contributed by atoms with Gasteiger partial charge in [0.25, 0.3) is 6.47 Å². The van der Waals surface area contributed by atoms with Crippen molar-refractivity contribution in [2.24, 2.45) is 10.9 Å². The first-order valence-corrected chi connectivity index (χ1v) is 9.86. The monoisotopic (exact) mass is 413 g/mol. The van der Waals surface area contributed by atoms with Gasteiger partial charge in [0.15, 0.2) is 5.75 Å². The fourth-order valence-corrected chi connectivity index (χ4v) is 2.96. The van der Waals surface area contributed by atoms with Crippen LogP contribution >= 0.6 is 0 Å². The van der Waals surface area contributed by atoms with Crippen molar-refractivity contribution < 1.29 is 28.5 Å². The minimum absolute atomic E-state index is 0. The zero-order valence-corrected chi connectivity index (χ0v) is 16.4. The van der Waals surface area contributed by atoms with E-state index in [1.54, 1.807) is 18.2 Å². The normalized spacial score (nSPS) is 10.1. The van der Waals surface area contributed by atoms with Gasteiger partial charge in [0.1, 0.15) is 10.6 Å². The molecule has 8 N–H and O–H groups in total. The average Bonchev–Trinajstić information content (AvgIpc) is 2.63. The Hall–Kier alpha value is -2.66. The number of hydrogen-bond donors (Lipinski definition) is 4.